The molecule has 0 spiro atoms. The van der Waals surface area contributed by atoms with E-state index >= 15 is 0 Å². The van der Waals surface area contributed by atoms with Crippen molar-refractivity contribution < 1.29 is 23.5 Å². The van der Waals surface area contributed by atoms with E-state index in [1.165, 1.54) is 24.3 Å². The SMILES string of the molecule is O=C(Nc1cccc2c1CCCN2C(=O)c1cc(Cl)c2c(c1)OCO2)c1ccc(F)cc1. The summed E-state index contributed by atoms with van der Waals surface area (Å²) in [6, 6.07) is 14.0. The number of carbonyl (C=O) groups is 2. The molecule has 6 nitrogen and oxygen atoms in total. The summed E-state index contributed by atoms with van der Waals surface area (Å²) in [6.45, 7) is 0.601. The normalized spacial score (nSPS) is 14.1. The van der Waals surface area contributed by atoms with Gasteiger partial charge in [0.1, 0.15) is 5.82 Å². The molecule has 1 N–H and O–H groups in total. The van der Waals surface area contributed by atoms with E-state index in [2.05, 4.69) is 5.32 Å². The van der Waals surface area contributed by atoms with Gasteiger partial charge >= 0.3 is 0 Å². The Bertz CT molecular complexity index is 1230. The third-order valence-corrected chi connectivity index (χ3v) is 5.81. The topological polar surface area (TPSA) is 67.9 Å². The summed E-state index contributed by atoms with van der Waals surface area (Å²) in [6.07, 6.45) is 1.45. The summed E-state index contributed by atoms with van der Waals surface area (Å²) in [5.74, 6) is -0.0829. The highest BCUT2D eigenvalue weighted by Crippen LogP contribution is 2.41. The molecule has 0 aromatic heterocycles. The molecule has 3 aromatic rings. The van der Waals surface area contributed by atoms with Crippen molar-refractivity contribution in [3.8, 4) is 11.5 Å². The molecule has 0 radical (unpaired) electrons. The number of fused-ring (bicyclic) bond motifs is 2. The average molecular weight is 453 g/mol. The minimum Gasteiger partial charge on any atom is -0.454 e. The lowest BCUT2D eigenvalue weighted by molar-refractivity contribution is 0.0983. The van der Waals surface area contributed by atoms with Gasteiger partial charge in [-0.05, 0) is 66.9 Å². The molecule has 0 fully saturated rings. The lowest BCUT2D eigenvalue weighted by atomic mass is 9.98. The number of nitrogens with zero attached hydrogens (tertiary/aromatic N) is 1. The summed E-state index contributed by atoms with van der Waals surface area (Å²) < 4.78 is 23.9. The zero-order valence-corrected chi connectivity index (χ0v) is 17.6. The molecule has 162 valence electrons. The van der Waals surface area contributed by atoms with E-state index in [1.54, 1.807) is 29.2 Å². The van der Waals surface area contributed by atoms with Crippen molar-refractivity contribution in [2.75, 3.05) is 23.6 Å². The van der Waals surface area contributed by atoms with Gasteiger partial charge in [0, 0.05) is 29.0 Å². The van der Waals surface area contributed by atoms with Gasteiger partial charge in [0.05, 0.1) is 5.02 Å². The minimum atomic E-state index is -0.406. The van der Waals surface area contributed by atoms with Crippen LogP contribution in [0.3, 0.4) is 0 Å². The second kappa shape index (κ2) is 8.16. The highest BCUT2D eigenvalue weighted by atomic mass is 35.5. The summed E-state index contributed by atoms with van der Waals surface area (Å²) in [4.78, 5) is 27.7. The maximum Gasteiger partial charge on any atom is 0.258 e. The number of benzene rings is 3. The van der Waals surface area contributed by atoms with Crippen molar-refractivity contribution in [2.24, 2.45) is 0 Å². The first-order valence-corrected chi connectivity index (χ1v) is 10.5. The molecule has 2 heterocycles. The second-order valence-electron chi connectivity index (χ2n) is 7.52. The Balaban J connectivity index is 1.44. The Labute approximate surface area is 188 Å². The van der Waals surface area contributed by atoms with Crippen LogP contribution >= 0.6 is 11.6 Å². The molecule has 2 aliphatic heterocycles. The van der Waals surface area contributed by atoms with Crippen molar-refractivity contribution in [2.45, 2.75) is 12.8 Å². The molecule has 8 heteroatoms. The van der Waals surface area contributed by atoms with E-state index in [0.717, 1.165) is 17.7 Å². The molecule has 0 unspecified atom stereocenters. The molecule has 32 heavy (non-hydrogen) atoms. The van der Waals surface area contributed by atoms with Crippen molar-refractivity contribution in [3.63, 3.8) is 0 Å². The molecule has 0 saturated heterocycles. The zero-order valence-electron chi connectivity index (χ0n) is 16.9. The van der Waals surface area contributed by atoms with Crippen LogP contribution in [0.1, 0.15) is 32.7 Å². The number of amides is 2. The van der Waals surface area contributed by atoms with Crippen molar-refractivity contribution in [1.29, 1.82) is 0 Å². The van der Waals surface area contributed by atoms with Gasteiger partial charge in [0.25, 0.3) is 11.8 Å². The molecule has 0 bridgehead atoms. The first-order valence-electron chi connectivity index (χ1n) is 10.1. The van der Waals surface area contributed by atoms with Gasteiger partial charge < -0.3 is 19.7 Å². The summed E-state index contributed by atoms with van der Waals surface area (Å²) >= 11 is 6.26. The third-order valence-electron chi connectivity index (χ3n) is 5.52. The van der Waals surface area contributed by atoms with Crippen LogP contribution in [-0.4, -0.2) is 25.2 Å². The molecule has 0 saturated carbocycles. The fourth-order valence-corrected chi connectivity index (χ4v) is 4.26. The lowest BCUT2D eigenvalue weighted by Crippen LogP contribution is -2.35. The summed E-state index contributed by atoms with van der Waals surface area (Å²) in [7, 11) is 0. The van der Waals surface area contributed by atoms with Crippen LogP contribution in [0.2, 0.25) is 5.02 Å². The van der Waals surface area contributed by atoms with E-state index in [1.807, 2.05) is 6.07 Å². The number of halogens is 2. The van der Waals surface area contributed by atoms with E-state index in [0.29, 0.717) is 46.3 Å². The summed E-state index contributed by atoms with van der Waals surface area (Å²) in [5.41, 5.74) is 2.97. The highest BCUT2D eigenvalue weighted by Gasteiger charge is 2.28. The van der Waals surface area contributed by atoms with Crippen LogP contribution in [0.15, 0.2) is 54.6 Å². The predicted octanol–water partition coefficient (Wildman–Crippen LogP) is 5.05. The highest BCUT2D eigenvalue weighted by molar-refractivity contribution is 6.33. The fraction of sp³-hybridized carbons (Fsp3) is 0.167. The van der Waals surface area contributed by atoms with Crippen molar-refractivity contribution in [1.82, 2.24) is 0 Å². The van der Waals surface area contributed by atoms with Crippen LogP contribution in [0.5, 0.6) is 11.5 Å². The van der Waals surface area contributed by atoms with Gasteiger partial charge in [-0.2, -0.15) is 0 Å². The van der Waals surface area contributed by atoms with Crippen LogP contribution in [-0.2, 0) is 6.42 Å². The van der Waals surface area contributed by atoms with Crippen LogP contribution in [0.25, 0.3) is 0 Å². The van der Waals surface area contributed by atoms with Gasteiger partial charge in [-0.25, -0.2) is 4.39 Å². The first kappa shape index (κ1) is 20.3. The Morgan fingerprint density at radius 1 is 1.03 bits per heavy atom. The van der Waals surface area contributed by atoms with Gasteiger partial charge in [-0.3, -0.25) is 9.59 Å². The predicted molar refractivity (Wildman–Crippen MR) is 118 cm³/mol. The van der Waals surface area contributed by atoms with E-state index in [-0.39, 0.29) is 18.6 Å². The van der Waals surface area contributed by atoms with Crippen molar-refractivity contribution >= 4 is 34.8 Å². The lowest BCUT2D eigenvalue weighted by Gasteiger charge is -2.31. The van der Waals surface area contributed by atoms with Crippen LogP contribution in [0, 0.1) is 5.82 Å². The Morgan fingerprint density at radius 2 is 1.84 bits per heavy atom. The third kappa shape index (κ3) is 3.65. The molecule has 5 rings (SSSR count). The molecule has 0 atom stereocenters. The average Bonchev–Trinajstić information content (AvgIpc) is 3.28. The number of carbonyl (C=O) groups excluding carboxylic acids is 2. The molecular formula is C24H18ClFN2O4. The van der Waals surface area contributed by atoms with E-state index < -0.39 is 5.82 Å². The second-order valence-corrected chi connectivity index (χ2v) is 7.92. The first-order chi connectivity index (χ1) is 15.5. The largest absolute Gasteiger partial charge is 0.454 e. The quantitative estimate of drug-likeness (QED) is 0.603. The Hall–Kier alpha value is -3.58. The standard InChI is InChI=1S/C24H18ClFN2O4/c25-18-11-15(12-21-22(18)32-13-31-21)24(30)28-10-2-3-17-19(4-1-5-20(17)28)27-23(29)14-6-8-16(26)9-7-14/h1,4-9,11-12H,2-3,10,13H2,(H,27,29). The molecule has 2 amide bonds. The fourth-order valence-electron chi connectivity index (χ4n) is 4.00. The molecule has 2 aliphatic rings. The van der Waals surface area contributed by atoms with Gasteiger partial charge in [0.15, 0.2) is 11.5 Å². The number of hydrogen-bond acceptors (Lipinski definition) is 4. The van der Waals surface area contributed by atoms with E-state index in [4.69, 9.17) is 21.1 Å². The monoisotopic (exact) mass is 452 g/mol. The molecular weight excluding hydrogens is 435 g/mol. The van der Waals surface area contributed by atoms with Crippen LogP contribution in [0.4, 0.5) is 15.8 Å². The molecule has 0 aliphatic carbocycles. The number of hydrogen-bond donors (Lipinski definition) is 1. The number of nitrogens with one attached hydrogen (secondary N) is 1. The van der Waals surface area contributed by atoms with Gasteiger partial charge in [0.2, 0.25) is 6.79 Å². The van der Waals surface area contributed by atoms with Gasteiger partial charge in [-0.15, -0.1) is 0 Å². The molecule has 3 aromatic carbocycles. The number of rotatable bonds is 3. The zero-order chi connectivity index (χ0) is 22.2. The van der Waals surface area contributed by atoms with Crippen LogP contribution < -0.4 is 19.7 Å². The van der Waals surface area contributed by atoms with Crippen molar-refractivity contribution in [3.05, 3.63) is 82.1 Å². The number of anilines is 2. The Morgan fingerprint density at radius 3 is 2.66 bits per heavy atom. The summed E-state index contributed by atoms with van der Waals surface area (Å²) in [5, 5.41) is 3.21. The smallest absolute Gasteiger partial charge is 0.258 e. The maximum atomic E-state index is 13.3. The van der Waals surface area contributed by atoms with E-state index in [9.17, 15) is 14.0 Å². The minimum absolute atomic E-state index is 0.0658. The Kier molecular flexibility index (Phi) is 5.19. The maximum absolute atomic E-state index is 13.3. The van der Waals surface area contributed by atoms with Gasteiger partial charge in [-0.1, -0.05) is 17.7 Å². The number of ether oxygens (including phenoxy) is 2.